The highest BCUT2D eigenvalue weighted by Crippen LogP contribution is 2.39. The van der Waals surface area contributed by atoms with Crippen LogP contribution in [0.1, 0.15) is 56.1 Å². The summed E-state index contributed by atoms with van der Waals surface area (Å²) in [6.45, 7) is 11.8. The molecule has 5 heteroatoms. The van der Waals surface area contributed by atoms with Crippen molar-refractivity contribution in [3.8, 4) is 5.75 Å². The molecule has 0 saturated carbocycles. The minimum Gasteiger partial charge on any atom is -0.476 e. The average molecular weight is 380 g/mol. The van der Waals surface area contributed by atoms with Crippen LogP contribution in [0.3, 0.4) is 0 Å². The fourth-order valence-corrected chi connectivity index (χ4v) is 3.15. The summed E-state index contributed by atoms with van der Waals surface area (Å²) < 4.78 is 5.93. The maximum Gasteiger partial charge on any atom is 0.271 e. The van der Waals surface area contributed by atoms with Crippen molar-refractivity contribution in [2.75, 3.05) is 4.90 Å². The number of aryl methyl sites for hydroxylation is 1. The first kappa shape index (κ1) is 19.9. The van der Waals surface area contributed by atoms with Crippen LogP contribution in [0.4, 0.5) is 5.69 Å². The lowest BCUT2D eigenvalue weighted by Crippen LogP contribution is -2.52. The number of anilines is 1. The van der Waals surface area contributed by atoms with E-state index < -0.39 is 5.60 Å². The molecule has 148 valence electrons. The predicted octanol–water partition coefficient (Wildman–Crippen LogP) is 4.23. The number of amides is 2. The average Bonchev–Trinajstić information content (AvgIpc) is 2.58. The Balaban J connectivity index is 2.00. The van der Waals surface area contributed by atoms with Gasteiger partial charge in [0.25, 0.3) is 11.8 Å². The van der Waals surface area contributed by atoms with Gasteiger partial charge in [0.1, 0.15) is 5.75 Å². The van der Waals surface area contributed by atoms with Gasteiger partial charge in [0.15, 0.2) is 5.60 Å². The molecule has 1 aliphatic heterocycles. The van der Waals surface area contributed by atoms with E-state index in [9.17, 15) is 9.59 Å². The first-order valence-electron chi connectivity index (χ1n) is 9.49. The number of nitrogens with one attached hydrogen (secondary N) is 1. The monoisotopic (exact) mass is 380 g/mol. The van der Waals surface area contributed by atoms with Crippen LogP contribution in [0, 0.1) is 6.92 Å². The van der Waals surface area contributed by atoms with Crippen molar-refractivity contribution in [3.05, 3.63) is 59.2 Å². The van der Waals surface area contributed by atoms with Gasteiger partial charge in [-0.05, 0) is 65.3 Å². The maximum atomic E-state index is 13.1. The van der Waals surface area contributed by atoms with E-state index in [2.05, 4.69) is 5.32 Å². The molecule has 0 spiro atoms. The number of nitrogens with zero attached hydrogens (tertiary/aromatic N) is 1. The Morgan fingerprint density at radius 3 is 2.36 bits per heavy atom. The number of carbonyl (C=O) groups excluding carboxylic acids is 2. The Labute approximate surface area is 166 Å². The van der Waals surface area contributed by atoms with Gasteiger partial charge in [-0.15, -0.1) is 0 Å². The van der Waals surface area contributed by atoms with Crippen molar-refractivity contribution in [1.29, 1.82) is 0 Å². The van der Waals surface area contributed by atoms with E-state index in [0.29, 0.717) is 23.5 Å². The summed E-state index contributed by atoms with van der Waals surface area (Å²) in [5.41, 5.74) is 1.99. The summed E-state index contributed by atoms with van der Waals surface area (Å²) in [6.07, 6.45) is 0. The van der Waals surface area contributed by atoms with E-state index in [1.807, 2.05) is 52.0 Å². The Bertz CT molecular complexity index is 908. The van der Waals surface area contributed by atoms with E-state index in [1.54, 1.807) is 36.9 Å². The van der Waals surface area contributed by atoms with Crippen LogP contribution in [-0.4, -0.2) is 23.0 Å². The molecule has 0 atom stereocenters. The molecule has 1 N–H and O–H groups in total. The minimum absolute atomic E-state index is 0.131. The van der Waals surface area contributed by atoms with Gasteiger partial charge in [0, 0.05) is 11.1 Å². The molecule has 0 radical (unpaired) electrons. The molecule has 0 unspecified atom stereocenters. The maximum absolute atomic E-state index is 13.1. The molecule has 5 nitrogen and oxygen atoms in total. The molecule has 1 heterocycles. The second kappa shape index (κ2) is 6.97. The van der Waals surface area contributed by atoms with E-state index in [-0.39, 0.29) is 17.4 Å². The third kappa shape index (κ3) is 4.19. The lowest BCUT2D eigenvalue weighted by atomic mass is 10.0. The lowest BCUT2D eigenvalue weighted by molar-refractivity contribution is -0.132. The molecule has 0 saturated heterocycles. The fraction of sp³-hybridized carbons (Fsp3) is 0.391. The smallest absolute Gasteiger partial charge is 0.271 e. The number of hydrogen-bond donors (Lipinski definition) is 1. The Morgan fingerprint density at radius 2 is 1.75 bits per heavy atom. The Morgan fingerprint density at radius 1 is 1.11 bits per heavy atom. The van der Waals surface area contributed by atoms with Crippen molar-refractivity contribution in [1.82, 2.24) is 5.32 Å². The summed E-state index contributed by atoms with van der Waals surface area (Å²) in [5.74, 6) is 0.292. The van der Waals surface area contributed by atoms with Gasteiger partial charge in [0.2, 0.25) is 0 Å². The van der Waals surface area contributed by atoms with Crippen LogP contribution in [0.2, 0.25) is 0 Å². The number of carbonyl (C=O) groups is 2. The van der Waals surface area contributed by atoms with Crippen LogP contribution in [0.25, 0.3) is 0 Å². The third-order valence-electron chi connectivity index (χ3n) is 4.59. The van der Waals surface area contributed by atoms with E-state index >= 15 is 0 Å². The molecule has 0 bridgehead atoms. The highest BCUT2D eigenvalue weighted by molar-refractivity contribution is 6.04. The summed E-state index contributed by atoms with van der Waals surface area (Å²) in [6, 6.07) is 13.3. The summed E-state index contributed by atoms with van der Waals surface area (Å²) in [5, 5.41) is 2.96. The fourth-order valence-electron chi connectivity index (χ4n) is 3.15. The molecule has 2 amide bonds. The molecule has 1 aliphatic rings. The Hall–Kier alpha value is -2.82. The van der Waals surface area contributed by atoms with Gasteiger partial charge in [-0.25, -0.2) is 0 Å². The highest BCUT2D eigenvalue weighted by atomic mass is 16.5. The van der Waals surface area contributed by atoms with Crippen LogP contribution < -0.4 is 15.0 Å². The number of fused-ring (bicyclic) bond motifs is 1. The topological polar surface area (TPSA) is 58.6 Å². The van der Waals surface area contributed by atoms with Gasteiger partial charge in [-0.3, -0.25) is 9.59 Å². The quantitative estimate of drug-likeness (QED) is 0.867. The second-order valence-corrected chi connectivity index (χ2v) is 8.88. The van der Waals surface area contributed by atoms with Crippen LogP contribution in [0.5, 0.6) is 5.75 Å². The standard InChI is InChI=1S/C23H28N2O3/c1-15-7-9-16(10-8-15)14-25-18-13-17(20(26)24-22(2,3)4)11-12-19(18)28-23(5,6)21(25)27/h7-13H,14H2,1-6H3,(H,24,26). The number of hydrogen-bond acceptors (Lipinski definition) is 3. The molecular formula is C23H28N2O3. The molecule has 0 fully saturated rings. The molecule has 28 heavy (non-hydrogen) atoms. The van der Waals surface area contributed by atoms with Gasteiger partial charge in [-0.2, -0.15) is 0 Å². The van der Waals surface area contributed by atoms with E-state index in [0.717, 1.165) is 5.56 Å². The molecule has 2 aromatic rings. The first-order valence-corrected chi connectivity index (χ1v) is 9.49. The molecule has 0 aliphatic carbocycles. The van der Waals surface area contributed by atoms with Crippen molar-refractivity contribution in [2.24, 2.45) is 0 Å². The number of benzene rings is 2. The first-order chi connectivity index (χ1) is 13.0. The largest absolute Gasteiger partial charge is 0.476 e. The zero-order chi connectivity index (χ0) is 20.7. The van der Waals surface area contributed by atoms with Gasteiger partial charge in [-0.1, -0.05) is 29.8 Å². The Kier molecular flexibility index (Phi) is 4.96. The molecule has 2 aromatic carbocycles. The summed E-state index contributed by atoms with van der Waals surface area (Å²) in [7, 11) is 0. The predicted molar refractivity (Wildman–Crippen MR) is 111 cm³/mol. The van der Waals surface area contributed by atoms with Gasteiger partial charge < -0.3 is 15.0 Å². The molecule has 3 rings (SSSR count). The van der Waals surface area contributed by atoms with Gasteiger partial charge in [0.05, 0.1) is 12.2 Å². The number of rotatable bonds is 3. The van der Waals surface area contributed by atoms with Gasteiger partial charge >= 0.3 is 0 Å². The number of ether oxygens (including phenoxy) is 1. The normalized spacial score (nSPS) is 15.6. The SMILES string of the molecule is Cc1ccc(CN2C(=O)C(C)(C)Oc3ccc(C(=O)NC(C)(C)C)cc32)cc1. The van der Waals surface area contributed by atoms with Crippen molar-refractivity contribution in [2.45, 2.75) is 59.2 Å². The lowest BCUT2D eigenvalue weighted by Gasteiger charge is -2.39. The molecule has 0 aromatic heterocycles. The van der Waals surface area contributed by atoms with Crippen LogP contribution in [0.15, 0.2) is 42.5 Å². The zero-order valence-electron chi connectivity index (χ0n) is 17.4. The summed E-state index contributed by atoms with van der Waals surface area (Å²) in [4.78, 5) is 27.4. The minimum atomic E-state index is -0.965. The van der Waals surface area contributed by atoms with E-state index in [4.69, 9.17) is 4.74 Å². The van der Waals surface area contributed by atoms with Crippen LogP contribution in [-0.2, 0) is 11.3 Å². The summed E-state index contributed by atoms with van der Waals surface area (Å²) >= 11 is 0. The highest BCUT2D eigenvalue weighted by Gasteiger charge is 2.41. The van der Waals surface area contributed by atoms with Crippen molar-refractivity contribution in [3.63, 3.8) is 0 Å². The van der Waals surface area contributed by atoms with Crippen molar-refractivity contribution < 1.29 is 14.3 Å². The zero-order valence-corrected chi connectivity index (χ0v) is 17.4. The molecular weight excluding hydrogens is 352 g/mol. The van der Waals surface area contributed by atoms with Crippen molar-refractivity contribution >= 4 is 17.5 Å². The second-order valence-electron chi connectivity index (χ2n) is 8.88. The van der Waals surface area contributed by atoms with Crippen LogP contribution >= 0.6 is 0 Å². The third-order valence-corrected chi connectivity index (χ3v) is 4.59. The van der Waals surface area contributed by atoms with E-state index in [1.165, 1.54) is 5.56 Å².